The normalized spacial score (nSPS) is 30.3. The Kier molecular flexibility index (Phi) is 15.1. The summed E-state index contributed by atoms with van der Waals surface area (Å²) in [6.07, 6.45) is 16.2. The zero-order valence-corrected chi connectivity index (χ0v) is 35.3. The van der Waals surface area contributed by atoms with Crippen molar-refractivity contribution < 1.29 is 32.0 Å². The maximum Gasteiger partial charge on any atom is 0.475 e. The van der Waals surface area contributed by atoms with E-state index in [9.17, 15) is 4.57 Å². The summed E-state index contributed by atoms with van der Waals surface area (Å²) < 4.78 is 49.3. The third-order valence-corrected chi connectivity index (χ3v) is 18.1. The van der Waals surface area contributed by atoms with E-state index in [0.717, 1.165) is 38.5 Å². The molecule has 0 aromatic heterocycles. The van der Waals surface area contributed by atoms with Gasteiger partial charge in [-0.25, -0.2) is 4.57 Å². The molecule has 0 aromatic rings. The van der Waals surface area contributed by atoms with Crippen molar-refractivity contribution in [2.45, 2.75) is 150 Å². The molecule has 0 spiro atoms. The summed E-state index contributed by atoms with van der Waals surface area (Å²) in [5.41, 5.74) is 3.59. The Morgan fingerprint density at radius 2 is 1.73 bits per heavy atom. The minimum absolute atomic E-state index is 0.0728. The second-order valence-electron chi connectivity index (χ2n) is 17.2. The first-order chi connectivity index (χ1) is 22.7. The summed E-state index contributed by atoms with van der Waals surface area (Å²) >= 11 is 0. The molecule has 7 atom stereocenters. The average molecular weight is 723 g/mol. The van der Waals surface area contributed by atoms with Crippen LogP contribution in [0.5, 0.6) is 0 Å². The molecule has 9 heteroatoms. The Morgan fingerprint density at radius 3 is 2.33 bits per heavy atom. The topological polar surface area (TPSA) is 72.5 Å². The first-order valence-electron chi connectivity index (χ1n) is 18.9. The molecule has 0 aliphatic heterocycles. The number of ether oxygens (including phenoxy) is 2. The van der Waals surface area contributed by atoms with Crippen LogP contribution in [0.4, 0.5) is 0 Å². The molecule has 3 aliphatic carbocycles. The smallest absolute Gasteiger partial charge is 0.410 e. The third kappa shape index (κ3) is 10.9. The van der Waals surface area contributed by atoms with Crippen LogP contribution < -0.4 is 0 Å². The molecule has 3 rings (SSSR count). The third-order valence-electron chi connectivity index (χ3n) is 12.0. The van der Waals surface area contributed by atoms with Gasteiger partial charge in [0.2, 0.25) is 0 Å². The second-order valence-corrected chi connectivity index (χ2v) is 23.6. The van der Waals surface area contributed by atoms with Gasteiger partial charge in [0.25, 0.3) is 0 Å². The fraction of sp³-hybridized carbons (Fsp3) is 0.800. The number of fused-ring (bicyclic) bond motifs is 1. The minimum Gasteiger partial charge on any atom is -0.410 e. The molecule has 0 aromatic carbocycles. The van der Waals surface area contributed by atoms with Gasteiger partial charge in [-0.2, -0.15) is 0 Å². The number of phosphoric acid groups is 1. The van der Waals surface area contributed by atoms with Gasteiger partial charge < -0.3 is 13.9 Å². The number of methoxy groups -OCH3 is 1. The van der Waals surface area contributed by atoms with Gasteiger partial charge in [0, 0.05) is 7.11 Å². The van der Waals surface area contributed by atoms with E-state index in [1.807, 2.05) is 39.8 Å². The standard InChI is InChI=1S/C40H71O7PSi/c1-15-44-48(41,45-16-2)46-36(23-25-39(9,10)43-28-42-12)31(5)34-21-22-35-32(18-17-24-40(34,35)11)19-20-33-26-29(3)27-37(30(33)4)47-49(13,14)38(6,7)8/h19-20,23,25,29,31,34-37H,4,15-18,21-22,24,26-28H2,1-3,5-14H3/b25-23+,32-19+,33-20-/t29-,31+,34-,35+,36+,37+,40-/m1/s1. The lowest BCUT2D eigenvalue weighted by molar-refractivity contribution is -0.0924. The maximum absolute atomic E-state index is 13.7. The van der Waals surface area contributed by atoms with Crippen LogP contribution in [0, 0.1) is 29.1 Å². The predicted octanol–water partition coefficient (Wildman–Crippen LogP) is 11.6. The van der Waals surface area contributed by atoms with E-state index in [0.29, 0.717) is 17.8 Å². The van der Waals surface area contributed by atoms with Crippen molar-refractivity contribution in [3.8, 4) is 0 Å². The minimum atomic E-state index is -3.76. The highest BCUT2D eigenvalue weighted by atomic mass is 31.2. The molecule has 3 aliphatic rings. The summed E-state index contributed by atoms with van der Waals surface area (Å²) in [5, 5.41) is 0.166. The van der Waals surface area contributed by atoms with Crippen molar-refractivity contribution in [3.63, 3.8) is 0 Å². The fourth-order valence-electron chi connectivity index (χ4n) is 8.17. The Hall–Kier alpha value is -0.833. The van der Waals surface area contributed by atoms with Gasteiger partial charge in [-0.15, -0.1) is 0 Å². The molecule has 7 nitrogen and oxygen atoms in total. The molecular weight excluding hydrogens is 651 g/mol. The second kappa shape index (κ2) is 17.3. The molecule has 0 heterocycles. The molecule has 49 heavy (non-hydrogen) atoms. The highest BCUT2D eigenvalue weighted by molar-refractivity contribution is 7.48. The molecule has 0 saturated heterocycles. The molecule has 0 bridgehead atoms. The lowest BCUT2D eigenvalue weighted by Crippen LogP contribution is -2.45. The van der Waals surface area contributed by atoms with Crippen LogP contribution in [0.25, 0.3) is 0 Å². The molecule has 3 fully saturated rings. The zero-order valence-electron chi connectivity index (χ0n) is 33.4. The summed E-state index contributed by atoms with van der Waals surface area (Å²) in [7, 11) is -4.06. The molecule has 0 radical (unpaired) electrons. The van der Waals surface area contributed by atoms with E-state index in [1.54, 1.807) is 12.7 Å². The number of rotatable bonds is 16. The van der Waals surface area contributed by atoms with E-state index in [2.05, 4.69) is 73.4 Å². The monoisotopic (exact) mass is 722 g/mol. The Bertz CT molecular complexity index is 1240. The van der Waals surface area contributed by atoms with Gasteiger partial charge in [0.05, 0.1) is 31.0 Å². The van der Waals surface area contributed by atoms with Crippen LogP contribution in [0.3, 0.4) is 0 Å². The van der Waals surface area contributed by atoms with Gasteiger partial charge in [0.1, 0.15) is 6.79 Å². The van der Waals surface area contributed by atoms with Crippen LogP contribution >= 0.6 is 7.82 Å². The van der Waals surface area contributed by atoms with Crippen molar-refractivity contribution in [1.29, 1.82) is 0 Å². The first kappa shape index (κ1) is 42.6. The van der Waals surface area contributed by atoms with Gasteiger partial charge in [-0.1, -0.05) is 78.0 Å². The largest absolute Gasteiger partial charge is 0.475 e. The van der Waals surface area contributed by atoms with Crippen molar-refractivity contribution in [3.05, 3.63) is 47.6 Å². The Labute approximate surface area is 301 Å². The highest BCUT2D eigenvalue weighted by Gasteiger charge is 2.52. The Morgan fingerprint density at radius 1 is 1.08 bits per heavy atom. The summed E-state index contributed by atoms with van der Waals surface area (Å²) in [6, 6.07) is 0. The highest BCUT2D eigenvalue weighted by Crippen LogP contribution is 2.61. The average Bonchev–Trinajstić information content (AvgIpc) is 3.35. The predicted molar refractivity (Wildman–Crippen MR) is 205 cm³/mol. The molecule has 3 saturated carbocycles. The van der Waals surface area contributed by atoms with Crippen LogP contribution in [0.2, 0.25) is 18.1 Å². The lowest BCUT2D eigenvalue weighted by atomic mass is 9.60. The lowest BCUT2D eigenvalue weighted by Gasteiger charge is -2.45. The van der Waals surface area contributed by atoms with E-state index >= 15 is 0 Å². The molecule has 282 valence electrons. The molecule has 0 amide bonds. The maximum atomic E-state index is 13.7. The van der Waals surface area contributed by atoms with Crippen LogP contribution in [-0.4, -0.2) is 53.2 Å². The number of hydrogen-bond acceptors (Lipinski definition) is 7. The molecular formula is C40H71O7PSi. The van der Waals surface area contributed by atoms with Gasteiger partial charge in [-0.3, -0.25) is 13.6 Å². The van der Waals surface area contributed by atoms with E-state index in [4.69, 9.17) is 27.5 Å². The van der Waals surface area contributed by atoms with Crippen molar-refractivity contribution in [2.75, 3.05) is 27.1 Å². The number of allylic oxidation sites excluding steroid dienone is 3. The molecule has 0 N–H and O–H groups in total. The van der Waals surface area contributed by atoms with E-state index in [1.165, 1.54) is 17.6 Å². The van der Waals surface area contributed by atoms with E-state index < -0.39 is 27.8 Å². The summed E-state index contributed by atoms with van der Waals surface area (Å²) in [6.45, 7) is 31.6. The summed E-state index contributed by atoms with van der Waals surface area (Å²) in [5.74, 6) is 1.51. The van der Waals surface area contributed by atoms with Crippen molar-refractivity contribution in [2.24, 2.45) is 29.1 Å². The van der Waals surface area contributed by atoms with Crippen LogP contribution in [0.1, 0.15) is 114 Å². The van der Waals surface area contributed by atoms with Crippen LogP contribution in [-0.2, 0) is 32.0 Å². The van der Waals surface area contributed by atoms with E-state index in [-0.39, 0.29) is 42.5 Å². The van der Waals surface area contributed by atoms with Gasteiger partial charge >= 0.3 is 7.82 Å². The van der Waals surface area contributed by atoms with Crippen LogP contribution in [0.15, 0.2) is 47.6 Å². The Balaban J connectivity index is 1.89. The fourth-order valence-corrected chi connectivity index (χ4v) is 10.9. The van der Waals surface area contributed by atoms with Crippen molar-refractivity contribution in [1.82, 2.24) is 0 Å². The SMILES string of the molecule is C=C1/C(=C\C=C2/CCC[C@]3(C)[C@@H]([C@H](C)[C@H](/C=C/C(C)(C)OCOC)OP(=O)(OCC)OCC)CC[C@@H]23)C[C@@H](C)C[C@@H]1O[Si](C)(C)C(C)(C)C. The number of hydrogen-bond donors (Lipinski definition) is 0. The summed E-state index contributed by atoms with van der Waals surface area (Å²) in [4.78, 5) is 0. The zero-order chi connectivity index (χ0) is 36.8. The number of phosphoric ester groups is 1. The molecule has 0 unspecified atom stereocenters. The van der Waals surface area contributed by atoms with Crippen molar-refractivity contribution >= 4 is 16.1 Å². The quantitative estimate of drug-likeness (QED) is 0.0679. The first-order valence-corrected chi connectivity index (χ1v) is 23.3. The van der Waals surface area contributed by atoms with Gasteiger partial charge in [-0.05, 0) is 131 Å². The van der Waals surface area contributed by atoms with Gasteiger partial charge in [0.15, 0.2) is 8.32 Å².